The second kappa shape index (κ2) is 6.99. The van der Waals surface area contributed by atoms with Gasteiger partial charge in [0.05, 0.1) is 17.9 Å². The highest BCUT2D eigenvalue weighted by molar-refractivity contribution is 7.35. The third kappa shape index (κ3) is 3.39. The lowest BCUT2D eigenvalue weighted by atomic mass is 10.1. The van der Waals surface area contributed by atoms with E-state index in [1.807, 2.05) is 6.66 Å². The molecular formula is C16H14F3N4O2P. The van der Waals surface area contributed by atoms with Crippen LogP contribution in [-0.4, -0.2) is 39.0 Å². The topological polar surface area (TPSA) is 69.9 Å². The molecule has 26 heavy (non-hydrogen) atoms. The number of aromatic nitrogens is 4. The maximum Gasteiger partial charge on any atom is 0.416 e. The molecule has 0 aliphatic heterocycles. The molecule has 3 rings (SSSR count). The van der Waals surface area contributed by atoms with Crippen molar-refractivity contribution >= 4 is 25.5 Å². The number of carbonyl (C=O) groups is 1. The van der Waals surface area contributed by atoms with E-state index in [9.17, 15) is 18.0 Å². The summed E-state index contributed by atoms with van der Waals surface area (Å²) < 4.78 is 45.0. The van der Waals surface area contributed by atoms with Crippen LogP contribution < -0.4 is 0 Å². The van der Waals surface area contributed by atoms with Crippen molar-refractivity contribution in [3.05, 3.63) is 41.7 Å². The lowest BCUT2D eigenvalue weighted by molar-refractivity contribution is -0.137. The minimum atomic E-state index is -4.42. The first-order chi connectivity index (χ1) is 12.3. The number of carbonyl (C=O) groups excluding carboxylic acids is 1. The molecule has 0 fully saturated rings. The predicted octanol–water partition coefficient (Wildman–Crippen LogP) is 3.76. The molecule has 0 N–H and O–H groups in total. The molecule has 0 aliphatic rings. The first-order valence-corrected chi connectivity index (χ1v) is 9.07. The van der Waals surface area contributed by atoms with Crippen molar-refractivity contribution in [1.29, 1.82) is 0 Å². The van der Waals surface area contributed by atoms with Crippen LogP contribution in [0, 0.1) is 0 Å². The van der Waals surface area contributed by atoms with Gasteiger partial charge in [-0.2, -0.15) is 13.2 Å². The highest BCUT2D eigenvalue weighted by atomic mass is 31.1. The van der Waals surface area contributed by atoms with Gasteiger partial charge in [-0.15, -0.1) is 5.10 Å². The Balaban J connectivity index is 2.11. The van der Waals surface area contributed by atoms with Crippen LogP contribution in [0.5, 0.6) is 0 Å². The Morgan fingerprint density at radius 3 is 2.69 bits per heavy atom. The van der Waals surface area contributed by atoms with Crippen molar-refractivity contribution in [2.75, 3.05) is 13.3 Å². The summed E-state index contributed by atoms with van der Waals surface area (Å²) in [4.78, 5) is 16.3. The van der Waals surface area contributed by atoms with Gasteiger partial charge in [-0.25, -0.2) is 9.25 Å². The highest BCUT2D eigenvalue weighted by Crippen LogP contribution is 2.33. The number of esters is 1. The van der Waals surface area contributed by atoms with E-state index in [2.05, 4.69) is 15.3 Å². The van der Waals surface area contributed by atoms with Crippen LogP contribution in [0.3, 0.4) is 0 Å². The molecular weight excluding hydrogens is 368 g/mol. The molecule has 6 nitrogen and oxygen atoms in total. The molecule has 0 saturated heterocycles. The molecule has 1 unspecified atom stereocenters. The van der Waals surface area contributed by atoms with Gasteiger partial charge in [0, 0.05) is 20.3 Å². The minimum absolute atomic E-state index is 0.0277. The summed E-state index contributed by atoms with van der Waals surface area (Å²) in [5.41, 5.74) is 0.0548. The van der Waals surface area contributed by atoms with Crippen molar-refractivity contribution in [2.24, 2.45) is 0 Å². The monoisotopic (exact) mass is 382 g/mol. The fourth-order valence-corrected chi connectivity index (χ4v) is 3.03. The summed E-state index contributed by atoms with van der Waals surface area (Å²) >= 11 is 0. The van der Waals surface area contributed by atoms with Gasteiger partial charge in [0.2, 0.25) is 0 Å². The molecule has 2 aromatic heterocycles. The molecule has 1 atom stereocenters. The summed E-state index contributed by atoms with van der Waals surface area (Å²) in [5.74, 6) is -0.624. The molecule has 0 radical (unpaired) electrons. The van der Waals surface area contributed by atoms with Gasteiger partial charge in [-0.1, -0.05) is 11.3 Å². The smallest absolute Gasteiger partial charge is 0.416 e. The van der Waals surface area contributed by atoms with Crippen LogP contribution in [-0.2, 0) is 10.9 Å². The Morgan fingerprint density at radius 1 is 1.27 bits per heavy atom. The lowest BCUT2D eigenvalue weighted by Crippen LogP contribution is -2.08. The number of alkyl halides is 3. The summed E-state index contributed by atoms with van der Waals surface area (Å²) in [6.07, 6.45) is -3.08. The van der Waals surface area contributed by atoms with E-state index in [1.54, 1.807) is 13.0 Å². The lowest BCUT2D eigenvalue weighted by Gasteiger charge is -2.09. The minimum Gasteiger partial charge on any atom is -0.461 e. The molecule has 1 aromatic carbocycles. The Hall–Kier alpha value is -2.54. The van der Waals surface area contributed by atoms with Gasteiger partial charge in [0.1, 0.15) is 5.69 Å². The van der Waals surface area contributed by atoms with Gasteiger partial charge in [-0.05, 0) is 37.2 Å². The molecule has 0 spiro atoms. The number of pyridine rings is 1. The molecule has 2 heterocycles. The summed E-state index contributed by atoms with van der Waals surface area (Å²) in [6.45, 7) is 3.71. The summed E-state index contributed by atoms with van der Waals surface area (Å²) in [5, 5.41) is 8.70. The molecule has 0 aliphatic carbocycles. The zero-order valence-electron chi connectivity index (χ0n) is 13.8. The van der Waals surface area contributed by atoms with Crippen molar-refractivity contribution in [1.82, 2.24) is 19.7 Å². The van der Waals surface area contributed by atoms with Crippen molar-refractivity contribution in [2.45, 2.75) is 13.1 Å². The summed E-state index contributed by atoms with van der Waals surface area (Å²) in [7, 11) is 0.184. The Bertz CT molecular complexity index is 972. The van der Waals surface area contributed by atoms with E-state index in [0.717, 1.165) is 12.1 Å². The molecule has 3 aromatic rings. The molecule has 0 amide bonds. The van der Waals surface area contributed by atoms with Gasteiger partial charge in [0.15, 0.2) is 5.69 Å². The Morgan fingerprint density at radius 2 is 2.04 bits per heavy atom. The number of halogens is 3. The van der Waals surface area contributed by atoms with E-state index in [-0.39, 0.29) is 21.0 Å². The first kappa shape index (κ1) is 18.3. The normalized spacial score (nSPS) is 12.2. The van der Waals surface area contributed by atoms with Crippen LogP contribution >= 0.6 is 8.73 Å². The van der Waals surface area contributed by atoms with Gasteiger partial charge >= 0.3 is 12.1 Å². The predicted molar refractivity (Wildman–Crippen MR) is 91.4 cm³/mol. The fourth-order valence-electron chi connectivity index (χ4n) is 2.45. The second-order valence-electron chi connectivity index (χ2n) is 5.27. The maximum atomic E-state index is 12.8. The quantitative estimate of drug-likeness (QED) is 0.508. The van der Waals surface area contributed by atoms with Crippen LogP contribution in [0.4, 0.5) is 13.2 Å². The number of fused-ring (bicyclic) bond motifs is 1. The highest BCUT2D eigenvalue weighted by Gasteiger charge is 2.30. The zero-order valence-corrected chi connectivity index (χ0v) is 14.8. The number of benzene rings is 1. The maximum absolute atomic E-state index is 12.8. The van der Waals surface area contributed by atoms with E-state index in [0.29, 0.717) is 22.2 Å². The van der Waals surface area contributed by atoms with E-state index >= 15 is 0 Å². The third-order valence-electron chi connectivity index (χ3n) is 3.64. The van der Waals surface area contributed by atoms with E-state index in [4.69, 9.17) is 4.74 Å². The van der Waals surface area contributed by atoms with Gasteiger partial charge < -0.3 is 4.74 Å². The molecule has 136 valence electrons. The average Bonchev–Trinajstić information content (AvgIpc) is 3.04. The Kier molecular flexibility index (Phi) is 4.91. The van der Waals surface area contributed by atoms with Crippen LogP contribution in [0.2, 0.25) is 0 Å². The molecule has 10 heteroatoms. The van der Waals surface area contributed by atoms with Crippen LogP contribution in [0.15, 0.2) is 30.5 Å². The standard InChI is InChI=1S/C16H14F3N4O2P/c1-3-25-15(24)13-14(23(26-2)22-21-13)12-7-9-4-5-11(16(17,18)19)6-10(9)8-20-12/h4-8,26H,3H2,1-2H3. The number of hydrogen-bond acceptors (Lipinski definition) is 5. The number of rotatable bonds is 4. The third-order valence-corrected chi connectivity index (χ3v) is 4.38. The van der Waals surface area contributed by atoms with Crippen LogP contribution in [0.1, 0.15) is 23.0 Å². The number of ether oxygens (including phenoxy) is 1. The summed E-state index contributed by atoms with van der Waals surface area (Å²) in [6, 6.07) is 5.02. The zero-order chi connectivity index (χ0) is 18.9. The Labute approximate surface area is 148 Å². The number of hydrogen-bond donors (Lipinski definition) is 0. The van der Waals surface area contributed by atoms with E-state index in [1.165, 1.54) is 16.7 Å². The molecule has 0 bridgehead atoms. The van der Waals surface area contributed by atoms with Crippen molar-refractivity contribution in [3.63, 3.8) is 0 Å². The first-order valence-electron chi connectivity index (χ1n) is 7.63. The van der Waals surface area contributed by atoms with Crippen LogP contribution in [0.25, 0.3) is 22.2 Å². The van der Waals surface area contributed by atoms with Gasteiger partial charge in [-0.3, -0.25) is 4.98 Å². The van der Waals surface area contributed by atoms with E-state index < -0.39 is 17.7 Å². The molecule has 0 saturated carbocycles. The fraction of sp³-hybridized carbons (Fsp3) is 0.250. The SMILES string of the molecule is CCOC(=O)c1nnn(PC)c1-c1cc2ccc(C(F)(F)F)cc2cn1. The van der Waals surface area contributed by atoms with Gasteiger partial charge in [0.25, 0.3) is 0 Å². The second-order valence-corrected chi connectivity index (χ2v) is 6.14. The largest absolute Gasteiger partial charge is 0.461 e. The van der Waals surface area contributed by atoms with Crippen molar-refractivity contribution in [3.8, 4) is 11.4 Å². The average molecular weight is 382 g/mol. The van der Waals surface area contributed by atoms with Crippen molar-refractivity contribution < 1.29 is 22.7 Å². The number of nitrogens with zero attached hydrogens (tertiary/aromatic N) is 4.